The van der Waals surface area contributed by atoms with Crippen LogP contribution in [0.25, 0.3) is 10.9 Å². The van der Waals surface area contributed by atoms with E-state index in [-0.39, 0.29) is 29.1 Å². The van der Waals surface area contributed by atoms with E-state index in [1.807, 2.05) is 54.6 Å². The van der Waals surface area contributed by atoms with Crippen LogP contribution in [0.1, 0.15) is 36.9 Å². The van der Waals surface area contributed by atoms with E-state index in [0.29, 0.717) is 30.8 Å². The SMILES string of the molecule is O=C(O)C(=O)Nc1sc2c(c1C(=O)O)C[C@@H](CNC(=O)c1cc3ccccc3[nH]1)N(Cc1ccccc1)C2. The number of carbonyl (C=O) groups excluding carboxylic acids is 2. The van der Waals surface area contributed by atoms with Gasteiger partial charge in [-0.25, -0.2) is 9.59 Å². The third-order valence-corrected chi connectivity index (χ3v) is 7.66. The summed E-state index contributed by atoms with van der Waals surface area (Å²) in [5, 5.41) is 25.0. The summed E-state index contributed by atoms with van der Waals surface area (Å²) in [5.74, 6) is -4.52. The number of H-pyrrole nitrogens is 1. The molecule has 0 bridgehead atoms. The van der Waals surface area contributed by atoms with Crippen molar-refractivity contribution in [3.05, 3.63) is 87.9 Å². The number of anilines is 1. The number of hydrogen-bond donors (Lipinski definition) is 5. The molecule has 3 heterocycles. The van der Waals surface area contributed by atoms with Gasteiger partial charge < -0.3 is 25.8 Å². The van der Waals surface area contributed by atoms with Gasteiger partial charge in [0.2, 0.25) is 0 Å². The molecule has 0 saturated heterocycles. The highest BCUT2D eigenvalue weighted by molar-refractivity contribution is 7.17. The third-order valence-electron chi connectivity index (χ3n) is 6.53. The number of carboxylic acid groups (broad SMARTS) is 2. The van der Waals surface area contributed by atoms with Crippen LogP contribution in [-0.2, 0) is 29.1 Å². The summed E-state index contributed by atoms with van der Waals surface area (Å²) in [6.45, 7) is 1.20. The number of aromatic nitrogens is 1. The average molecular weight is 533 g/mol. The molecule has 0 saturated carbocycles. The Bertz CT molecular complexity index is 1510. The van der Waals surface area contributed by atoms with Crippen molar-refractivity contribution in [2.45, 2.75) is 25.6 Å². The minimum absolute atomic E-state index is 0.00248. The molecule has 2 aromatic carbocycles. The van der Waals surface area contributed by atoms with Gasteiger partial charge in [-0.3, -0.25) is 14.5 Å². The van der Waals surface area contributed by atoms with E-state index >= 15 is 0 Å². The van der Waals surface area contributed by atoms with Gasteiger partial charge in [0.1, 0.15) is 10.7 Å². The molecule has 1 aliphatic rings. The fourth-order valence-corrected chi connectivity index (χ4v) is 5.95. The number of fused-ring (bicyclic) bond motifs is 2. The molecule has 0 fully saturated rings. The van der Waals surface area contributed by atoms with Gasteiger partial charge in [0, 0.05) is 41.5 Å². The number of carbonyl (C=O) groups is 4. The molecule has 4 aromatic rings. The largest absolute Gasteiger partial charge is 0.478 e. The van der Waals surface area contributed by atoms with Crippen molar-refractivity contribution in [2.75, 3.05) is 11.9 Å². The Kier molecular flexibility index (Phi) is 6.95. The van der Waals surface area contributed by atoms with Crippen LogP contribution in [0.2, 0.25) is 0 Å². The maximum atomic E-state index is 13.0. The van der Waals surface area contributed by atoms with Gasteiger partial charge >= 0.3 is 17.8 Å². The monoisotopic (exact) mass is 532 g/mol. The summed E-state index contributed by atoms with van der Waals surface area (Å²) in [6.07, 6.45) is 0.302. The Morgan fingerprint density at radius 1 is 1.03 bits per heavy atom. The van der Waals surface area contributed by atoms with Crippen molar-refractivity contribution >= 4 is 51.0 Å². The Balaban J connectivity index is 1.42. The van der Waals surface area contributed by atoms with Gasteiger partial charge in [0.25, 0.3) is 5.91 Å². The second kappa shape index (κ2) is 10.5. The molecular formula is C27H24N4O6S. The summed E-state index contributed by atoms with van der Waals surface area (Å²) in [5.41, 5.74) is 2.77. The topological polar surface area (TPSA) is 152 Å². The number of nitrogens with zero attached hydrogens (tertiary/aromatic N) is 1. The van der Waals surface area contributed by atoms with Crippen molar-refractivity contribution in [3.8, 4) is 0 Å². The van der Waals surface area contributed by atoms with Crippen LogP contribution < -0.4 is 10.6 Å². The first kappa shape index (κ1) is 25.2. The van der Waals surface area contributed by atoms with Crippen molar-refractivity contribution < 1.29 is 29.4 Å². The van der Waals surface area contributed by atoms with E-state index in [9.17, 15) is 24.3 Å². The number of aliphatic carboxylic acids is 1. The predicted molar refractivity (Wildman–Crippen MR) is 141 cm³/mol. The second-order valence-corrected chi connectivity index (χ2v) is 10.1. The molecule has 2 aromatic heterocycles. The van der Waals surface area contributed by atoms with Gasteiger partial charge in [0.05, 0.1) is 5.56 Å². The van der Waals surface area contributed by atoms with Crippen molar-refractivity contribution in [2.24, 2.45) is 0 Å². The zero-order valence-corrected chi connectivity index (χ0v) is 20.9. The zero-order chi connectivity index (χ0) is 26.8. The lowest BCUT2D eigenvalue weighted by atomic mass is 9.95. The summed E-state index contributed by atoms with van der Waals surface area (Å²) in [4.78, 5) is 54.0. The number of rotatable bonds is 7. The van der Waals surface area contributed by atoms with Crippen molar-refractivity contribution in [3.63, 3.8) is 0 Å². The van der Waals surface area contributed by atoms with Crippen LogP contribution in [0.5, 0.6) is 0 Å². The fourth-order valence-electron chi connectivity index (χ4n) is 4.71. The number of aromatic amines is 1. The average Bonchev–Trinajstić information content (AvgIpc) is 3.48. The molecule has 0 spiro atoms. The summed E-state index contributed by atoms with van der Waals surface area (Å²) >= 11 is 1.07. The van der Waals surface area contributed by atoms with E-state index < -0.39 is 17.8 Å². The van der Waals surface area contributed by atoms with Gasteiger partial charge in [-0.05, 0) is 29.7 Å². The third kappa shape index (κ3) is 5.15. The second-order valence-electron chi connectivity index (χ2n) is 9.00. The molecule has 5 N–H and O–H groups in total. The Labute approximate surface area is 220 Å². The van der Waals surface area contributed by atoms with Crippen molar-refractivity contribution in [1.82, 2.24) is 15.2 Å². The lowest BCUT2D eigenvalue weighted by molar-refractivity contribution is -0.147. The molecule has 2 amide bonds. The van der Waals surface area contributed by atoms with Crippen LogP contribution in [0.15, 0.2) is 60.7 Å². The highest BCUT2D eigenvalue weighted by atomic mass is 32.1. The van der Waals surface area contributed by atoms with Crippen LogP contribution in [0.3, 0.4) is 0 Å². The highest BCUT2D eigenvalue weighted by Gasteiger charge is 2.34. The van der Waals surface area contributed by atoms with Gasteiger partial charge in [0.15, 0.2) is 0 Å². The molecule has 11 heteroatoms. The van der Waals surface area contributed by atoms with Crippen LogP contribution in [0.4, 0.5) is 5.00 Å². The standard InChI is InChI=1S/C27H24N4O6S/c32-23(20-10-16-8-4-5-9-19(16)29-20)28-12-17-11-18-21(14-31(17)13-15-6-2-1-3-7-15)38-25(22(18)26(34)35)30-24(33)27(36)37/h1-10,17,29H,11-14H2,(H,28,32)(H,30,33)(H,34,35)(H,36,37)/t17-/m0/s1. The molecule has 0 aliphatic carbocycles. The number of thiophene rings is 1. The Morgan fingerprint density at radius 3 is 2.47 bits per heavy atom. The number of nitrogens with one attached hydrogen (secondary N) is 3. The number of carboxylic acids is 2. The number of hydrogen-bond acceptors (Lipinski definition) is 6. The van der Waals surface area contributed by atoms with Crippen molar-refractivity contribution in [1.29, 1.82) is 0 Å². The van der Waals surface area contributed by atoms with E-state index in [0.717, 1.165) is 32.7 Å². The maximum Gasteiger partial charge on any atom is 0.394 e. The first-order valence-electron chi connectivity index (χ1n) is 11.9. The molecule has 0 unspecified atom stereocenters. The number of amides is 2. The minimum Gasteiger partial charge on any atom is -0.478 e. The van der Waals surface area contributed by atoms with E-state index in [4.69, 9.17) is 5.11 Å². The first-order chi connectivity index (χ1) is 18.3. The van der Waals surface area contributed by atoms with Gasteiger partial charge in [-0.1, -0.05) is 48.5 Å². The first-order valence-corrected chi connectivity index (χ1v) is 12.7. The normalized spacial score (nSPS) is 15.1. The van der Waals surface area contributed by atoms with Gasteiger partial charge in [-0.2, -0.15) is 0 Å². The quantitative estimate of drug-likeness (QED) is 0.229. The van der Waals surface area contributed by atoms with E-state index in [1.165, 1.54) is 0 Å². The lowest BCUT2D eigenvalue weighted by Crippen LogP contribution is -2.47. The van der Waals surface area contributed by atoms with Crippen LogP contribution in [0, 0.1) is 0 Å². The molecular weight excluding hydrogens is 508 g/mol. The molecule has 10 nitrogen and oxygen atoms in total. The predicted octanol–water partition coefficient (Wildman–Crippen LogP) is 3.31. The van der Waals surface area contributed by atoms with Crippen LogP contribution in [-0.4, -0.2) is 56.4 Å². The van der Waals surface area contributed by atoms with Crippen LogP contribution >= 0.6 is 11.3 Å². The lowest BCUT2D eigenvalue weighted by Gasteiger charge is -2.36. The summed E-state index contributed by atoms with van der Waals surface area (Å²) in [6, 6.07) is 18.9. The molecule has 194 valence electrons. The van der Waals surface area contributed by atoms with Gasteiger partial charge in [-0.15, -0.1) is 11.3 Å². The van der Waals surface area contributed by atoms with E-state index in [1.54, 1.807) is 6.07 Å². The molecule has 1 atom stereocenters. The molecule has 1 aliphatic heterocycles. The summed E-state index contributed by atoms with van der Waals surface area (Å²) < 4.78 is 0. The highest BCUT2D eigenvalue weighted by Crippen LogP contribution is 2.39. The van der Waals surface area contributed by atoms with E-state index in [2.05, 4.69) is 20.5 Å². The number of aromatic carboxylic acids is 1. The molecule has 38 heavy (non-hydrogen) atoms. The maximum absolute atomic E-state index is 13.0. The Hall–Kier alpha value is -4.48. The number of para-hydroxylation sites is 1. The molecule has 0 radical (unpaired) electrons. The fraction of sp³-hybridized carbons (Fsp3) is 0.185. The zero-order valence-electron chi connectivity index (χ0n) is 20.1. The number of benzene rings is 2. The smallest absolute Gasteiger partial charge is 0.394 e. The summed E-state index contributed by atoms with van der Waals surface area (Å²) in [7, 11) is 0. The minimum atomic E-state index is -1.70. The molecule has 5 rings (SSSR count). The Morgan fingerprint density at radius 2 is 1.76 bits per heavy atom.